The zero-order valence-electron chi connectivity index (χ0n) is 13.4. The van der Waals surface area contributed by atoms with E-state index in [2.05, 4.69) is 0 Å². The standard InChI is InChI=1S/C17H25NO4/c1-20-10-11-22-15-6-8-18(9-7-15)17(19)13-14-4-3-5-16(12-14)21-2/h3-5,12,15H,6-11,13H2,1-2H3. The number of benzene rings is 1. The number of likely N-dealkylation sites (tertiary alicyclic amines) is 1. The van der Waals surface area contributed by atoms with Gasteiger partial charge in [-0.2, -0.15) is 0 Å². The largest absolute Gasteiger partial charge is 0.497 e. The van der Waals surface area contributed by atoms with Crippen LogP contribution in [0.3, 0.4) is 0 Å². The number of rotatable bonds is 7. The van der Waals surface area contributed by atoms with E-state index in [1.54, 1.807) is 14.2 Å². The normalized spacial score (nSPS) is 15.8. The van der Waals surface area contributed by atoms with Gasteiger partial charge in [0.15, 0.2) is 0 Å². The maximum atomic E-state index is 12.4. The Labute approximate surface area is 132 Å². The van der Waals surface area contributed by atoms with Crippen LogP contribution in [0.4, 0.5) is 0 Å². The lowest BCUT2D eigenvalue weighted by Gasteiger charge is -2.32. The minimum Gasteiger partial charge on any atom is -0.497 e. The van der Waals surface area contributed by atoms with Crippen LogP contribution in [-0.4, -0.2) is 57.4 Å². The number of hydrogen-bond donors (Lipinski definition) is 0. The summed E-state index contributed by atoms with van der Waals surface area (Å²) in [7, 11) is 3.30. The monoisotopic (exact) mass is 307 g/mol. The van der Waals surface area contributed by atoms with Gasteiger partial charge in [-0.05, 0) is 30.5 Å². The summed E-state index contributed by atoms with van der Waals surface area (Å²) >= 11 is 0. The van der Waals surface area contributed by atoms with E-state index in [0.717, 1.165) is 37.2 Å². The van der Waals surface area contributed by atoms with Gasteiger partial charge in [-0.1, -0.05) is 12.1 Å². The third-order valence-electron chi connectivity index (χ3n) is 3.93. The summed E-state index contributed by atoms with van der Waals surface area (Å²) in [6.07, 6.45) is 2.46. The summed E-state index contributed by atoms with van der Waals surface area (Å²) in [5.41, 5.74) is 0.989. The summed E-state index contributed by atoms with van der Waals surface area (Å²) in [4.78, 5) is 14.3. The van der Waals surface area contributed by atoms with E-state index >= 15 is 0 Å². The van der Waals surface area contributed by atoms with E-state index in [4.69, 9.17) is 14.2 Å². The first-order valence-corrected chi connectivity index (χ1v) is 7.74. The highest BCUT2D eigenvalue weighted by molar-refractivity contribution is 5.79. The average Bonchev–Trinajstić information content (AvgIpc) is 2.56. The number of amides is 1. The molecule has 0 radical (unpaired) electrons. The Hall–Kier alpha value is -1.59. The van der Waals surface area contributed by atoms with Gasteiger partial charge >= 0.3 is 0 Å². The van der Waals surface area contributed by atoms with Crippen LogP contribution in [0.2, 0.25) is 0 Å². The number of carbonyl (C=O) groups excluding carboxylic acids is 1. The van der Waals surface area contributed by atoms with Gasteiger partial charge in [-0.3, -0.25) is 4.79 Å². The number of ether oxygens (including phenoxy) is 3. The van der Waals surface area contributed by atoms with Crippen LogP contribution in [0.5, 0.6) is 5.75 Å². The minimum atomic E-state index is 0.170. The van der Waals surface area contributed by atoms with E-state index in [1.165, 1.54) is 0 Å². The van der Waals surface area contributed by atoms with Gasteiger partial charge in [0.25, 0.3) is 0 Å². The van der Waals surface area contributed by atoms with Crippen LogP contribution >= 0.6 is 0 Å². The highest BCUT2D eigenvalue weighted by Gasteiger charge is 2.23. The quantitative estimate of drug-likeness (QED) is 0.722. The molecule has 22 heavy (non-hydrogen) atoms. The molecule has 1 aliphatic heterocycles. The topological polar surface area (TPSA) is 48.0 Å². The highest BCUT2D eigenvalue weighted by Crippen LogP contribution is 2.17. The Morgan fingerprint density at radius 3 is 2.68 bits per heavy atom. The average molecular weight is 307 g/mol. The fourth-order valence-electron chi connectivity index (χ4n) is 2.64. The van der Waals surface area contributed by atoms with E-state index in [0.29, 0.717) is 19.6 Å². The third kappa shape index (κ3) is 5.00. The van der Waals surface area contributed by atoms with Gasteiger partial charge in [-0.25, -0.2) is 0 Å². The summed E-state index contributed by atoms with van der Waals surface area (Å²) in [6.45, 7) is 2.77. The number of piperidine rings is 1. The van der Waals surface area contributed by atoms with Crippen molar-refractivity contribution in [2.24, 2.45) is 0 Å². The molecule has 2 rings (SSSR count). The Balaban J connectivity index is 1.77. The molecule has 0 aromatic heterocycles. The van der Waals surface area contributed by atoms with Crippen molar-refractivity contribution in [3.63, 3.8) is 0 Å². The van der Waals surface area contributed by atoms with E-state index in [1.807, 2.05) is 29.2 Å². The summed E-state index contributed by atoms with van der Waals surface area (Å²) in [5, 5.41) is 0. The van der Waals surface area contributed by atoms with Gasteiger partial charge < -0.3 is 19.1 Å². The van der Waals surface area contributed by atoms with Gasteiger partial charge in [-0.15, -0.1) is 0 Å². The third-order valence-corrected chi connectivity index (χ3v) is 3.93. The van der Waals surface area contributed by atoms with Crippen molar-refractivity contribution < 1.29 is 19.0 Å². The van der Waals surface area contributed by atoms with Gasteiger partial charge in [0, 0.05) is 20.2 Å². The molecule has 1 saturated heterocycles. The van der Waals surface area contributed by atoms with Crippen LogP contribution in [0, 0.1) is 0 Å². The zero-order chi connectivity index (χ0) is 15.8. The maximum Gasteiger partial charge on any atom is 0.226 e. The molecule has 1 aromatic carbocycles. The van der Waals surface area contributed by atoms with Crippen molar-refractivity contribution in [1.29, 1.82) is 0 Å². The van der Waals surface area contributed by atoms with E-state index < -0.39 is 0 Å². The van der Waals surface area contributed by atoms with Crippen molar-refractivity contribution in [3.05, 3.63) is 29.8 Å². The molecule has 1 aliphatic rings. The first-order chi connectivity index (χ1) is 10.7. The highest BCUT2D eigenvalue weighted by atomic mass is 16.5. The molecule has 5 heteroatoms. The van der Waals surface area contributed by atoms with Crippen molar-refractivity contribution >= 4 is 5.91 Å². The molecule has 122 valence electrons. The number of methoxy groups -OCH3 is 2. The number of nitrogens with zero attached hydrogens (tertiary/aromatic N) is 1. The molecule has 1 amide bonds. The maximum absolute atomic E-state index is 12.4. The molecule has 5 nitrogen and oxygen atoms in total. The fraction of sp³-hybridized carbons (Fsp3) is 0.588. The molecule has 0 atom stereocenters. The molecule has 0 aliphatic carbocycles. The van der Waals surface area contributed by atoms with Crippen molar-refractivity contribution in [2.75, 3.05) is 40.5 Å². The van der Waals surface area contributed by atoms with Gasteiger partial charge in [0.1, 0.15) is 5.75 Å². The number of hydrogen-bond acceptors (Lipinski definition) is 4. The molecule has 0 unspecified atom stereocenters. The predicted molar refractivity (Wildman–Crippen MR) is 84.1 cm³/mol. The lowest BCUT2D eigenvalue weighted by atomic mass is 10.1. The van der Waals surface area contributed by atoms with Gasteiger partial charge in [0.2, 0.25) is 5.91 Å². The molecular formula is C17H25NO4. The molecule has 0 N–H and O–H groups in total. The lowest BCUT2D eigenvalue weighted by Crippen LogP contribution is -2.41. The summed E-state index contributed by atoms with van der Waals surface area (Å²) in [5.74, 6) is 0.958. The van der Waals surface area contributed by atoms with Crippen molar-refractivity contribution in [1.82, 2.24) is 4.90 Å². The molecule has 1 heterocycles. The van der Waals surface area contributed by atoms with Crippen LogP contribution in [0.25, 0.3) is 0 Å². The SMILES string of the molecule is COCCOC1CCN(C(=O)Cc2cccc(OC)c2)CC1. The smallest absolute Gasteiger partial charge is 0.226 e. The Bertz CT molecular complexity index is 469. The molecule has 0 spiro atoms. The second-order valence-corrected chi connectivity index (χ2v) is 5.47. The van der Waals surface area contributed by atoms with E-state index in [-0.39, 0.29) is 12.0 Å². The molecular weight excluding hydrogens is 282 g/mol. The molecule has 1 aromatic rings. The predicted octanol–water partition coefficient (Wildman–Crippen LogP) is 1.89. The van der Waals surface area contributed by atoms with E-state index in [9.17, 15) is 4.79 Å². The summed E-state index contributed by atoms with van der Waals surface area (Å²) < 4.78 is 15.9. The van der Waals surface area contributed by atoms with Crippen molar-refractivity contribution in [2.45, 2.75) is 25.4 Å². The lowest BCUT2D eigenvalue weighted by molar-refractivity contribution is -0.133. The first kappa shape index (κ1) is 16.8. The second-order valence-electron chi connectivity index (χ2n) is 5.47. The van der Waals surface area contributed by atoms with Crippen LogP contribution in [0.15, 0.2) is 24.3 Å². The Morgan fingerprint density at radius 2 is 2.00 bits per heavy atom. The van der Waals surface area contributed by atoms with Crippen molar-refractivity contribution in [3.8, 4) is 5.75 Å². The molecule has 1 fully saturated rings. The van der Waals surface area contributed by atoms with Crippen LogP contribution < -0.4 is 4.74 Å². The van der Waals surface area contributed by atoms with Gasteiger partial charge in [0.05, 0.1) is 32.8 Å². The second kappa shape index (κ2) is 8.76. The Kier molecular flexibility index (Phi) is 6.68. The fourth-order valence-corrected chi connectivity index (χ4v) is 2.64. The Morgan fingerprint density at radius 1 is 1.23 bits per heavy atom. The molecule has 0 saturated carbocycles. The van der Waals surface area contributed by atoms with Crippen LogP contribution in [-0.2, 0) is 20.7 Å². The number of carbonyl (C=O) groups is 1. The summed E-state index contributed by atoms with van der Waals surface area (Å²) in [6, 6.07) is 7.67. The zero-order valence-corrected chi connectivity index (χ0v) is 13.4. The van der Waals surface area contributed by atoms with Crippen LogP contribution in [0.1, 0.15) is 18.4 Å². The first-order valence-electron chi connectivity index (χ1n) is 7.74. The minimum absolute atomic E-state index is 0.170. The molecule has 0 bridgehead atoms.